The zero-order chi connectivity index (χ0) is 19.3. The van der Waals surface area contributed by atoms with Crippen molar-refractivity contribution in [2.75, 3.05) is 0 Å². The molecule has 0 aromatic carbocycles. The van der Waals surface area contributed by atoms with Crippen molar-refractivity contribution in [2.45, 2.75) is 116 Å². The Morgan fingerprint density at radius 2 is 1.42 bits per heavy atom. The predicted molar refractivity (Wildman–Crippen MR) is 111 cm³/mol. The first kappa shape index (κ1) is 24.9. The number of unbranched alkanes of at least 4 members (excludes halogenated alkanes) is 10. The number of aliphatic hydroxyl groups excluding tert-OH is 1. The minimum atomic E-state index is -0.688. The van der Waals surface area contributed by atoms with Crippen molar-refractivity contribution >= 4 is 5.97 Å². The molecule has 0 radical (unpaired) electrons. The monoisotopic (exact) mass is 366 g/mol. The molecule has 0 saturated carbocycles. The van der Waals surface area contributed by atoms with E-state index in [1.807, 2.05) is 0 Å². The number of aliphatic carboxylic acids is 1. The third-order valence-electron chi connectivity index (χ3n) is 4.67. The number of aliphatic hydroxyl groups is 1. The second kappa shape index (κ2) is 20.2. The van der Waals surface area contributed by atoms with Crippen LogP contribution in [0.5, 0.6) is 0 Å². The molecule has 2 N–H and O–H groups in total. The van der Waals surface area contributed by atoms with Gasteiger partial charge in [-0.05, 0) is 38.5 Å². The van der Waals surface area contributed by atoms with Gasteiger partial charge in [0.2, 0.25) is 0 Å². The molecule has 0 rings (SSSR count). The molecular weight excluding hydrogens is 324 g/mol. The molecule has 0 saturated heterocycles. The fraction of sp³-hybridized carbons (Fsp3) is 0.783. The highest BCUT2D eigenvalue weighted by molar-refractivity contribution is 5.66. The largest absolute Gasteiger partial charge is 0.481 e. The van der Waals surface area contributed by atoms with Gasteiger partial charge in [-0.1, -0.05) is 89.0 Å². The maximum atomic E-state index is 10.4. The van der Waals surface area contributed by atoms with Gasteiger partial charge in [0.1, 0.15) is 0 Å². The Bertz CT molecular complexity index is 360. The number of carbonyl (C=O) groups is 1. The first-order chi connectivity index (χ1) is 12.7. The molecule has 152 valence electrons. The van der Waals surface area contributed by atoms with Gasteiger partial charge in [-0.25, -0.2) is 0 Å². The van der Waals surface area contributed by atoms with Crippen molar-refractivity contribution < 1.29 is 15.0 Å². The van der Waals surface area contributed by atoms with E-state index in [0.717, 1.165) is 44.9 Å². The number of hydrogen-bond donors (Lipinski definition) is 2. The minimum Gasteiger partial charge on any atom is -0.481 e. The molecule has 26 heavy (non-hydrogen) atoms. The SMILES string of the molecule is CCCCCCC=CCC=CCC(O)CCCCCCCCCC(=O)O. The summed E-state index contributed by atoms with van der Waals surface area (Å²) in [5.41, 5.74) is 0. The second-order valence-electron chi connectivity index (χ2n) is 7.32. The highest BCUT2D eigenvalue weighted by Crippen LogP contribution is 2.12. The Morgan fingerprint density at radius 1 is 0.808 bits per heavy atom. The van der Waals surface area contributed by atoms with Crippen molar-refractivity contribution in [3.8, 4) is 0 Å². The molecule has 3 nitrogen and oxygen atoms in total. The van der Waals surface area contributed by atoms with E-state index in [1.54, 1.807) is 0 Å². The Balaban J connectivity index is 3.34. The molecule has 0 heterocycles. The normalized spacial score (nSPS) is 13.0. The lowest BCUT2D eigenvalue weighted by Crippen LogP contribution is -2.04. The molecule has 0 spiro atoms. The van der Waals surface area contributed by atoms with Crippen LogP contribution < -0.4 is 0 Å². The highest BCUT2D eigenvalue weighted by atomic mass is 16.4. The lowest BCUT2D eigenvalue weighted by Gasteiger charge is -2.07. The standard InChI is InChI=1S/C23H42O3/c1-2-3-4-5-6-7-8-10-13-16-19-22(24)20-17-14-11-9-12-15-18-21-23(25)26/h7-8,13,16,22,24H,2-6,9-12,14-15,17-21H2,1H3,(H,25,26). The van der Waals surface area contributed by atoms with E-state index in [9.17, 15) is 9.90 Å². The average Bonchev–Trinajstić information content (AvgIpc) is 2.61. The third kappa shape index (κ3) is 21.0. The quantitative estimate of drug-likeness (QED) is 0.195. The van der Waals surface area contributed by atoms with Crippen LogP contribution in [-0.2, 0) is 4.79 Å². The molecule has 0 fully saturated rings. The lowest BCUT2D eigenvalue weighted by atomic mass is 10.0. The zero-order valence-corrected chi connectivity index (χ0v) is 17.0. The maximum Gasteiger partial charge on any atom is 0.303 e. The molecule has 1 atom stereocenters. The van der Waals surface area contributed by atoms with Crippen molar-refractivity contribution in [3.63, 3.8) is 0 Å². The first-order valence-corrected chi connectivity index (χ1v) is 10.9. The van der Waals surface area contributed by atoms with Crippen molar-refractivity contribution in [1.82, 2.24) is 0 Å². The summed E-state index contributed by atoms with van der Waals surface area (Å²) in [5, 5.41) is 18.5. The fourth-order valence-electron chi connectivity index (χ4n) is 2.99. The van der Waals surface area contributed by atoms with Crippen molar-refractivity contribution in [1.29, 1.82) is 0 Å². The van der Waals surface area contributed by atoms with E-state index in [-0.39, 0.29) is 6.10 Å². The first-order valence-electron chi connectivity index (χ1n) is 10.9. The van der Waals surface area contributed by atoms with Gasteiger partial charge < -0.3 is 10.2 Å². The molecule has 0 bridgehead atoms. The van der Waals surface area contributed by atoms with E-state index in [4.69, 9.17) is 5.11 Å². The summed E-state index contributed by atoms with van der Waals surface area (Å²) < 4.78 is 0. The molecule has 0 aliphatic carbocycles. The van der Waals surface area contributed by atoms with Crippen LogP contribution in [0.15, 0.2) is 24.3 Å². The Labute approximate surface area is 161 Å². The third-order valence-corrected chi connectivity index (χ3v) is 4.67. The highest BCUT2D eigenvalue weighted by Gasteiger charge is 2.01. The number of hydrogen-bond acceptors (Lipinski definition) is 2. The minimum absolute atomic E-state index is 0.208. The van der Waals surface area contributed by atoms with Gasteiger partial charge in [0.25, 0.3) is 0 Å². The molecule has 0 aromatic heterocycles. The lowest BCUT2D eigenvalue weighted by molar-refractivity contribution is -0.137. The second-order valence-corrected chi connectivity index (χ2v) is 7.32. The summed E-state index contributed by atoms with van der Waals surface area (Å²) >= 11 is 0. The van der Waals surface area contributed by atoms with Crippen molar-refractivity contribution in [3.05, 3.63) is 24.3 Å². The fourth-order valence-corrected chi connectivity index (χ4v) is 2.99. The molecule has 1 unspecified atom stereocenters. The molecular formula is C23H42O3. The van der Waals surface area contributed by atoms with Gasteiger partial charge >= 0.3 is 5.97 Å². The van der Waals surface area contributed by atoms with E-state index >= 15 is 0 Å². The van der Waals surface area contributed by atoms with Crippen LogP contribution >= 0.6 is 0 Å². The van der Waals surface area contributed by atoms with Crippen LogP contribution in [0.2, 0.25) is 0 Å². The van der Waals surface area contributed by atoms with E-state index in [0.29, 0.717) is 6.42 Å². The van der Waals surface area contributed by atoms with E-state index in [1.165, 1.54) is 51.4 Å². The molecule has 3 heteroatoms. The number of carboxylic acid groups (broad SMARTS) is 1. The average molecular weight is 367 g/mol. The topological polar surface area (TPSA) is 57.5 Å². The van der Waals surface area contributed by atoms with Crippen LogP contribution in [0.3, 0.4) is 0 Å². The molecule has 0 aliphatic heterocycles. The molecule has 0 aromatic rings. The van der Waals surface area contributed by atoms with Gasteiger partial charge in [-0.2, -0.15) is 0 Å². The van der Waals surface area contributed by atoms with E-state index in [2.05, 4.69) is 31.2 Å². The van der Waals surface area contributed by atoms with Crippen LogP contribution in [0.1, 0.15) is 110 Å². The predicted octanol–water partition coefficient (Wildman–Crippen LogP) is 6.81. The number of rotatable bonds is 19. The summed E-state index contributed by atoms with van der Waals surface area (Å²) in [5.74, 6) is -0.688. The summed E-state index contributed by atoms with van der Waals surface area (Å²) in [6.45, 7) is 2.24. The van der Waals surface area contributed by atoms with Crippen LogP contribution in [0.4, 0.5) is 0 Å². The Kier molecular flexibility index (Phi) is 19.4. The van der Waals surface area contributed by atoms with E-state index < -0.39 is 5.97 Å². The molecule has 0 aliphatic rings. The van der Waals surface area contributed by atoms with Crippen molar-refractivity contribution in [2.24, 2.45) is 0 Å². The summed E-state index contributed by atoms with van der Waals surface area (Å²) in [4.78, 5) is 10.4. The zero-order valence-electron chi connectivity index (χ0n) is 17.0. The Morgan fingerprint density at radius 3 is 2.12 bits per heavy atom. The van der Waals surface area contributed by atoms with Gasteiger partial charge in [-0.15, -0.1) is 0 Å². The van der Waals surface area contributed by atoms with Gasteiger partial charge in [-0.3, -0.25) is 4.79 Å². The summed E-state index contributed by atoms with van der Waals surface area (Å²) in [6, 6.07) is 0. The molecule has 0 amide bonds. The maximum absolute atomic E-state index is 10.4. The van der Waals surface area contributed by atoms with Crippen LogP contribution in [0, 0.1) is 0 Å². The van der Waals surface area contributed by atoms with Crippen LogP contribution in [0.25, 0.3) is 0 Å². The number of allylic oxidation sites excluding steroid dienone is 3. The van der Waals surface area contributed by atoms with Crippen LogP contribution in [-0.4, -0.2) is 22.3 Å². The smallest absolute Gasteiger partial charge is 0.303 e. The van der Waals surface area contributed by atoms with Gasteiger partial charge in [0.15, 0.2) is 0 Å². The Hall–Kier alpha value is -1.09. The van der Waals surface area contributed by atoms with Gasteiger partial charge in [0, 0.05) is 6.42 Å². The van der Waals surface area contributed by atoms with Gasteiger partial charge in [0.05, 0.1) is 6.10 Å². The summed E-state index contributed by atoms with van der Waals surface area (Å²) in [7, 11) is 0. The summed E-state index contributed by atoms with van der Waals surface area (Å²) in [6.07, 6.45) is 25.5. The number of carboxylic acids is 1.